The fourth-order valence-electron chi connectivity index (χ4n) is 3.05. The predicted octanol–water partition coefficient (Wildman–Crippen LogP) is 2.67. The van der Waals surface area contributed by atoms with Crippen LogP contribution in [0.15, 0.2) is 18.2 Å². The SMILES string of the molecule is CCNC(CN1CCOC(C)C1)c1ccc(C)cc1C. The molecule has 0 amide bonds. The Labute approximate surface area is 123 Å². The highest BCUT2D eigenvalue weighted by Gasteiger charge is 2.21. The Bertz CT molecular complexity index is 433. The van der Waals surface area contributed by atoms with Gasteiger partial charge in [0.05, 0.1) is 12.7 Å². The third-order valence-corrected chi connectivity index (χ3v) is 4.02. The molecule has 2 unspecified atom stereocenters. The number of morpholine rings is 1. The first-order valence-corrected chi connectivity index (χ1v) is 7.74. The highest BCUT2D eigenvalue weighted by atomic mass is 16.5. The highest BCUT2D eigenvalue weighted by molar-refractivity contribution is 5.33. The molecule has 112 valence electrons. The van der Waals surface area contributed by atoms with Gasteiger partial charge in [0.1, 0.15) is 0 Å². The first kappa shape index (κ1) is 15.5. The summed E-state index contributed by atoms with van der Waals surface area (Å²) >= 11 is 0. The molecule has 0 radical (unpaired) electrons. The number of ether oxygens (including phenoxy) is 1. The molecule has 1 saturated heterocycles. The van der Waals surface area contributed by atoms with Crippen LogP contribution in [0.1, 0.15) is 36.6 Å². The summed E-state index contributed by atoms with van der Waals surface area (Å²) in [4.78, 5) is 2.51. The van der Waals surface area contributed by atoms with E-state index in [9.17, 15) is 0 Å². The summed E-state index contributed by atoms with van der Waals surface area (Å²) in [6, 6.07) is 7.18. The van der Waals surface area contributed by atoms with E-state index in [0.29, 0.717) is 12.1 Å². The van der Waals surface area contributed by atoms with Gasteiger partial charge >= 0.3 is 0 Å². The van der Waals surface area contributed by atoms with E-state index in [2.05, 4.69) is 56.1 Å². The zero-order valence-electron chi connectivity index (χ0n) is 13.3. The molecule has 1 N–H and O–H groups in total. The minimum Gasteiger partial charge on any atom is -0.376 e. The van der Waals surface area contributed by atoms with Crippen LogP contribution in [0.4, 0.5) is 0 Å². The molecule has 3 heteroatoms. The molecule has 1 aromatic rings. The molecule has 1 aliphatic heterocycles. The Morgan fingerprint density at radius 2 is 2.20 bits per heavy atom. The van der Waals surface area contributed by atoms with Crippen molar-refractivity contribution in [3.8, 4) is 0 Å². The van der Waals surface area contributed by atoms with E-state index in [4.69, 9.17) is 4.74 Å². The summed E-state index contributed by atoms with van der Waals surface area (Å²) in [6.07, 6.45) is 0.352. The minimum atomic E-state index is 0.352. The van der Waals surface area contributed by atoms with E-state index >= 15 is 0 Å². The number of rotatable bonds is 5. The fourth-order valence-corrected chi connectivity index (χ4v) is 3.05. The van der Waals surface area contributed by atoms with Crippen LogP contribution in [0.25, 0.3) is 0 Å². The number of hydrogen-bond donors (Lipinski definition) is 1. The maximum absolute atomic E-state index is 5.63. The zero-order valence-corrected chi connectivity index (χ0v) is 13.3. The Hall–Kier alpha value is -0.900. The van der Waals surface area contributed by atoms with Crippen molar-refractivity contribution < 1.29 is 4.74 Å². The predicted molar refractivity (Wildman–Crippen MR) is 84.2 cm³/mol. The van der Waals surface area contributed by atoms with Crippen LogP contribution in [-0.4, -0.2) is 43.8 Å². The number of hydrogen-bond acceptors (Lipinski definition) is 3. The number of aryl methyl sites for hydroxylation is 2. The second-order valence-electron chi connectivity index (χ2n) is 5.91. The maximum Gasteiger partial charge on any atom is 0.0674 e. The van der Waals surface area contributed by atoms with Crippen LogP contribution in [-0.2, 0) is 4.74 Å². The van der Waals surface area contributed by atoms with Gasteiger partial charge in [0.25, 0.3) is 0 Å². The molecule has 2 atom stereocenters. The first-order chi connectivity index (χ1) is 9.60. The molecule has 20 heavy (non-hydrogen) atoms. The van der Waals surface area contributed by atoms with E-state index in [0.717, 1.165) is 32.8 Å². The van der Waals surface area contributed by atoms with Gasteiger partial charge in [0.15, 0.2) is 0 Å². The lowest BCUT2D eigenvalue weighted by atomic mass is 9.98. The number of nitrogens with one attached hydrogen (secondary N) is 1. The van der Waals surface area contributed by atoms with E-state index < -0.39 is 0 Å². The summed E-state index contributed by atoms with van der Waals surface area (Å²) < 4.78 is 5.63. The van der Waals surface area contributed by atoms with Crippen molar-refractivity contribution in [2.24, 2.45) is 0 Å². The van der Waals surface area contributed by atoms with E-state index in [-0.39, 0.29) is 0 Å². The van der Waals surface area contributed by atoms with Gasteiger partial charge in [0, 0.05) is 25.7 Å². The van der Waals surface area contributed by atoms with Crippen molar-refractivity contribution in [2.75, 3.05) is 32.8 Å². The average Bonchev–Trinajstić information content (AvgIpc) is 2.38. The van der Waals surface area contributed by atoms with Crippen LogP contribution in [0.2, 0.25) is 0 Å². The normalized spacial score (nSPS) is 21.9. The van der Waals surface area contributed by atoms with E-state index in [1.54, 1.807) is 0 Å². The summed E-state index contributed by atoms with van der Waals surface area (Å²) in [5.41, 5.74) is 4.15. The molecule has 1 fully saturated rings. The molecule has 2 rings (SSSR count). The van der Waals surface area contributed by atoms with Crippen LogP contribution in [0.5, 0.6) is 0 Å². The second-order valence-corrected chi connectivity index (χ2v) is 5.91. The molecule has 3 nitrogen and oxygen atoms in total. The van der Waals surface area contributed by atoms with Gasteiger partial charge < -0.3 is 10.1 Å². The smallest absolute Gasteiger partial charge is 0.0674 e. The molecule has 0 saturated carbocycles. The van der Waals surface area contributed by atoms with Crippen LogP contribution in [0.3, 0.4) is 0 Å². The van der Waals surface area contributed by atoms with Gasteiger partial charge in [-0.05, 0) is 38.4 Å². The van der Waals surface area contributed by atoms with Crippen molar-refractivity contribution in [3.63, 3.8) is 0 Å². The topological polar surface area (TPSA) is 24.5 Å². The minimum absolute atomic E-state index is 0.352. The Kier molecular flexibility index (Phi) is 5.58. The van der Waals surface area contributed by atoms with E-state index in [1.807, 2.05) is 0 Å². The monoisotopic (exact) mass is 276 g/mol. The standard InChI is InChI=1S/C17H28N2O/c1-5-18-17(12-19-8-9-20-15(4)11-19)16-7-6-13(2)10-14(16)3/h6-7,10,15,17-18H,5,8-9,11-12H2,1-4H3. The largest absolute Gasteiger partial charge is 0.376 e. The lowest BCUT2D eigenvalue weighted by Gasteiger charge is -2.34. The third-order valence-electron chi connectivity index (χ3n) is 4.02. The molecular formula is C17H28N2O. The van der Waals surface area contributed by atoms with Gasteiger partial charge in [-0.2, -0.15) is 0 Å². The second kappa shape index (κ2) is 7.21. The molecule has 0 aromatic heterocycles. The van der Waals surface area contributed by atoms with Crippen molar-refractivity contribution in [1.82, 2.24) is 10.2 Å². The summed E-state index contributed by atoms with van der Waals surface area (Å²) in [5, 5.41) is 3.64. The van der Waals surface area contributed by atoms with Crippen molar-refractivity contribution in [2.45, 2.75) is 39.8 Å². The quantitative estimate of drug-likeness (QED) is 0.895. The van der Waals surface area contributed by atoms with Gasteiger partial charge in [-0.3, -0.25) is 4.90 Å². The molecule has 0 spiro atoms. The molecule has 1 aromatic carbocycles. The van der Waals surface area contributed by atoms with Crippen molar-refractivity contribution >= 4 is 0 Å². The van der Waals surface area contributed by atoms with Crippen LogP contribution in [0, 0.1) is 13.8 Å². The molecular weight excluding hydrogens is 248 g/mol. The lowest BCUT2D eigenvalue weighted by molar-refractivity contribution is -0.0210. The van der Waals surface area contributed by atoms with Crippen LogP contribution >= 0.6 is 0 Å². The van der Waals surface area contributed by atoms with Crippen LogP contribution < -0.4 is 5.32 Å². The Balaban J connectivity index is 2.09. The van der Waals surface area contributed by atoms with Gasteiger partial charge in [-0.25, -0.2) is 0 Å². The number of likely N-dealkylation sites (N-methyl/N-ethyl adjacent to an activating group) is 1. The third kappa shape index (κ3) is 4.05. The molecule has 0 bridgehead atoms. The lowest BCUT2D eigenvalue weighted by Crippen LogP contribution is -2.45. The van der Waals surface area contributed by atoms with Crippen molar-refractivity contribution in [1.29, 1.82) is 0 Å². The molecule has 1 heterocycles. The Morgan fingerprint density at radius 1 is 1.40 bits per heavy atom. The summed E-state index contributed by atoms with van der Waals surface area (Å²) in [7, 11) is 0. The van der Waals surface area contributed by atoms with Crippen molar-refractivity contribution in [3.05, 3.63) is 34.9 Å². The van der Waals surface area contributed by atoms with Gasteiger partial charge in [-0.1, -0.05) is 30.7 Å². The summed E-state index contributed by atoms with van der Waals surface area (Å²) in [5.74, 6) is 0. The highest BCUT2D eigenvalue weighted by Crippen LogP contribution is 2.21. The Morgan fingerprint density at radius 3 is 2.85 bits per heavy atom. The van der Waals surface area contributed by atoms with Gasteiger partial charge in [0.2, 0.25) is 0 Å². The fraction of sp³-hybridized carbons (Fsp3) is 0.647. The van der Waals surface area contributed by atoms with Gasteiger partial charge in [-0.15, -0.1) is 0 Å². The summed E-state index contributed by atoms with van der Waals surface area (Å²) in [6.45, 7) is 13.7. The molecule has 1 aliphatic rings. The van der Waals surface area contributed by atoms with E-state index in [1.165, 1.54) is 16.7 Å². The first-order valence-electron chi connectivity index (χ1n) is 7.74. The number of nitrogens with zero attached hydrogens (tertiary/aromatic N) is 1. The zero-order chi connectivity index (χ0) is 14.5. The average molecular weight is 276 g/mol. The maximum atomic E-state index is 5.63. The molecule has 0 aliphatic carbocycles. The number of benzene rings is 1.